The second-order valence-electron chi connectivity index (χ2n) is 3.94. The molecule has 1 rings (SSSR count). The first-order valence-electron chi connectivity index (χ1n) is 5.03. The third-order valence-corrected chi connectivity index (χ3v) is 2.94. The minimum atomic E-state index is -0.0190. The lowest BCUT2D eigenvalue weighted by Gasteiger charge is -2.11. The van der Waals surface area contributed by atoms with Gasteiger partial charge in [0.15, 0.2) is 5.78 Å². The second kappa shape index (κ2) is 5.69. The summed E-state index contributed by atoms with van der Waals surface area (Å²) < 4.78 is 6.34. The van der Waals surface area contributed by atoms with Crippen molar-refractivity contribution < 1.29 is 9.53 Å². The van der Waals surface area contributed by atoms with Crippen molar-refractivity contribution in [1.82, 2.24) is 0 Å². The molecule has 0 saturated carbocycles. The number of benzene rings is 1. The van der Waals surface area contributed by atoms with Crippen molar-refractivity contribution in [2.75, 3.05) is 6.61 Å². The molecule has 0 atom stereocenters. The number of ether oxygens (including phenoxy) is 1. The zero-order valence-corrected chi connectivity index (χ0v) is 11.9. The quantitative estimate of drug-likeness (QED) is 0.840. The summed E-state index contributed by atoms with van der Waals surface area (Å²) in [6, 6.07) is 3.66. The van der Waals surface area contributed by atoms with Gasteiger partial charge in [0.25, 0.3) is 0 Å². The van der Waals surface area contributed by atoms with Crippen molar-refractivity contribution in [3.8, 4) is 5.75 Å². The molecule has 0 fully saturated rings. The fourth-order valence-corrected chi connectivity index (χ4v) is 2.21. The molecule has 0 aliphatic heterocycles. The first-order valence-corrected chi connectivity index (χ1v) is 6.20. The highest BCUT2D eigenvalue weighted by Crippen LogP contribution is 2.31. The Morgan fingerprint density at radius 1 is 1.50 bits per heavy atom. The van der Waals surface area contributed by atoms with Gasteiger partial charge in [0.2, 0.25) is 0 Å². The fourth-order valence-electron chi connectivity index (χ4n) is 1.18. The van der Waals surface area contributed by atoms with Crippen molar-refractivity contribution in [2.45, 2.75) is 20.8 Å². The minimum absolute atomic E-state index is 0.0190. The summed E-state index contributed by atoms with van der Waals surface area (Å²) in [4.78, 5) is 11.4. The molecular weight excluding hydrogens is 291 g/mol. The van der Waals surface area contributed by atoms with Crippen LogP contribution < -0.4 is 4.74 Å². The normalized spacial score (nSPS) is 10.6. The summed E-state index contributed by atoms with van der Waals surface area (Å²) in [6.07, 6.45) is 0. The molecule has 1 aromatic carbocycles. The number of rotatable bonds is 4. The van der Waals surface area contributed by atoms with Gasteiger partial charge in [0.05, 0.1) is 5.02 Å². The average molecular weight is 306 g/mol. The van der Waals surface area contributed by atoms with Gasteiger partial charge in [0.1, 0.15) is 12.4 Å². The molecule has 0 unspecified atom stereocenters. The molecule has 4 heteroatoms. The summed E-state index contributed by atoms with van der Waals surface area (Å²) in [6.45, 7) is 5.66. The average Bonchev–Trinajstić information content (AvgIpc) is 2.15. The maximum Gasteiger partial charge on any atom is 0.172 e. The Bertz CT molecular complexity index is 379. The van der Waals surface area contributed by atoms with Crippen molar-refractivity contribution in [3.63, 3.8) is 0 Å². The van der Waals surface area contributed by atoms with E-state index in [1.54, 1.807) is 6.07 Å². The highest BCUT2D eigenvalue weighted by Gasteiger charge is 2.11. The SMILES string of the molecule is Cc1cc(Br)cc(Cl)c1OCC(=O)C(C)C. The third kappa shape index (κ3) is 3.49. The highest BCUT2D eigenvalue weighted by molar-refractivity contribution is 9.10. The predicted molar refractivity (Wildman–Crippen MR) is 69.2 cm³/mol. The first kappa shape index (κ1) is 13.5. The van der Waals surface area contributed by atoms with Gasteiger partial charge < -0.3 is 4.74 Å². The van der Waals surface area contributed by atoms with Gasteiger partial charge in [-0.2, -0.15) is 0 Å². The molecule has 0 heterocycles. The standard InChI is InChI=1S/C12H14BrClO2/c1-7(2)11(15)6-16-12-8(3)4-9(13)5-10(12)14/h4-5,7H,6H2,1-3H3. The number of hydrogen-bond acceptors (Lipinski definition) is 2. The van der Waals surface area contributed by atoms with E-state index in [0.717, 1.165) is 10.0 Å². The molecule has 0 amide bonds. The van der Waals surface area contributed by atoms with E-state index < -0.39 is 0 Å². The minimum Gasteiger partial charge on any atom is -0.484 e. The summed E-state index contributed by atoms with van der Waals surface area (Å²) in [5.41, 5.74) is 0.913. The van der Waals surface area contributed by atoms with Crippen LogP contribution in [-0.4, -0.2) is 12.4 Å². The topological polar surface area (TPSA) is 26.3 Å². The van der Waals surface area contributed by atoms with Gasteiger partial charge in [-0.3, -0.25) is 4.79 Å². The number of halogens is 2. The van der Waals surface area contributed by atoms with E-state index in [9.17, 15) is 4.79 Å². The van der Waals surface area contributed by atoms with Crippen molar-refractivity contribution in [3.05, 3.63) is 27.2 Å². The van der Waals surface area contributed by atoms with Crippen LogP contribution in [-0.2, 0) is 4.79 Å². The number of ketones is 1. The Kier molecular flexibility index (Phi) is 4.81. The number of hydrogen-bond donors (Lipinski definition) is 0. The highest BCUT2D eigenvalue weighted by atomic mass is 79.9. The molecule has 2 nitrogen and oxygen atoms in total. The van der Waals surface area contributed by atoms with Gasteiger partial charge in [-0.05, 0) is 24.6 Å². The molecule has 0 aromatic heterocycles. The maximum absolute atomic E-state index is 11.4. The molecule has 1 aromatic rings. The Morgan fingerprint density at radius 2 is 2.12 bits per heavy atom. The maximum atomic E-state index is 11.4. The zero-order chi connectivity index (χ0) is 12.3. The smallest absolute Gasteiger partial charge is 0.172 e. The Hall–Kier alpha value is -0.540. The Labute approximate surface area is 109 Å². The van der Waals surface area contributed by atoms with Crippen LogP contribution in [0.15, 0.2) is 16.6 Å². The molecule has 0 bridgehead atoms. The molecular formula is C12H14BrClO2. The van der Waals surface area contributed by atoms with Crippen LogP contribution in [0.5, 0.6) is 5.75 Å². The van der Waals surface area contributed by atoms with E-state index >= 15 is 0 Å². The summed E-state index contributed by atoms with van der Waals surface area (Å²) >= 11 is 9.37. The largest absolute Gasteiger partial charge is 0.484 e. The van der Waals surface area contributed by atoms with Gasteiger partial charge in [-0.15, -0.1) is 0 Å². The van der Waals surface area contributed by atoms with Crippen LogP contribution in [0.2, 0.25) is 5.02 Å². The molecule has 0 N–H and O–H groups in total. The van der Waals surface area contributed by atoms with E-state index in [0.29, 0.717) is 10.8 Å². The Morgan fingerprint density at radius 3 is 2.62 bits per heavy atom. The van der Waals surface area contributed by atoms with E-state index in [1.807, 2.05) is 26.8 Å². The first-order chi connectivity index (χ1) is 7.41. The second-order valence-corrected chi connectivity index (χ2v) is 5.27. The fraction of sp³-hybridized carbons (Fsp3) is 0.417. The van der Waals surface area contributed by atoms with Gasteiger partial charge >= 0.3 is 0 Å². The molecule has 0 aliphatic rings. The van der Waals surface area contributed by atoms with Crippen LogP contribution in [0.3, 0.4) is 0 Å². The molecule has 0 saturated heterocycles. The summed E-state index contributed by atoms with van der Waals surface area (Å²) in [7, 11) is 0. The van der Waals surface area contributed by atoms with E-state index in [4.69, 9.17) is 16.3 Å². The van der Waals surface area contributed by atoms with Gasteiger partial charge in [-0.1, -0.05) is 41.4 Å². The monoisotopic (exact) mass is 304 g/mol. The van der Waals surface area contributed by atoms with Gasteiger partial charge in [-0.25, -0.2) is 0 Å². The molecule has 0 spiro atoms. The van der Waals surface area contributed by atoms with Crippen LogP contribution in [0.25, 0.3) is 0 Å². The lowest BCUT2D eigenvalue weighted by atomic mass is 10.1. The van der Waals surface area contributed by atoms with E-state index in [-0.39, 0.29) is 18.3 Å². The lowest BCUT2D eigenvalue weighted by Crippen LogP contribution is -2.17. The number of carbonyl (C=O) groups excluding carboxylic acids is 1. The van der Waals surface area contributed by atoms with Crippen LogP contribution in [0.4, 0.5) is 0 Å². The molecule has 16 heavy (non-hydrogen) atoms. The van der Waals surface area contributed by atoms with Crippen LogP contribution in [0, 0.1) is 12.8 Å². The molecule has 0 radical (unpaired) electrons. The van der Waals surface area contributed by atoms with Crippen molar-refractivity contribution in [1.29, 1.82) is 0 Å². The van der Waals surface area contributed by atoms with Crippen LogP contribution >= 0.6 is 27.5 Å². The molecule has 88 valence electrons. The van der Waals surface area contributed by atoms with Crippen molar-refractivity contribution in [2.24, 2.45) is 5.92 Å². The van der Waals surface area contributed by atoms with Crippen LogP contribution in [0.1, 0.15) is 19.4 Å². The number of Topliss-reactive ketones (excluding diaryl/α,β-unsaturated/α-hetero) is 1. The zero-order valence-electron chi connectivity index (χ0n) is 9.51. The Balaban J connectivity index is 2.78. The summed E-state index contributed by atoms with van der Waals surface area (Å²) in [5, 5.41) is 0.517. The van der Waals surface area contributed by atoms with Crippen molar-refractivity contribution >= 4 is 33.3 Å². The molecule has 0 aliphatic carbocycles. The van der Waals surface area contributed by atoms with Gasteiger partial charge in [0, 0.05) is 10.4 Å². The third-order valence-electron chi connectivity index (χ3n) is 2.20. The summed E-state index contributed by atoms with van der Waals surface area (Å²) in [5.74, 6) is 0.631. The lowest BCUT2D eigenvalue weighted by molar-refractivity contribution is -0.123. The van der Waals surface area contributed by atoms with E-state index in [1.165, 1.54) is 0 Å². The van der Waals surface area contributed by atoms with E-state index in [2.05, 4.69) is 15.9 Å². The number of aryl methyl sites for hydroxylation is 1. The number of carbonyl (C=O) groups is 1. The predicted octanol–water partition coefficient (Wildman–Crippen LogP) is 4.01.